The minimum atomic E-state index is -0.234. The predicted octanol–water partition coefficient (Wildman–Crippen LogP) is 3.14. The Kier molecular flexibility index (Phi) is 6.89. The Morgan fingerprint density at radius 2 is 1.89 bits per heavy atom. The highest BCUT2D eigenvalue weighted by molar-refractivity contribution is 5.35. The van der Waals surface area contributed by atoms with Crippen molar-refractivity contribution >= 4 is 0 Å². The molecule has 3 nitrogen and oxygen atoms in total. The van der Waals surface area contributed by atoms with Crippen molar-refractivity contribution in [2.75, 3.05) is 13.2 Å². The maximum Gasteiger partial charge on any atom is 0.124 e. The van der Waals surface area contributed by atoms with Crippen LogP contribution in [0, 0.1) is 5.92 Å². The molecule has 0 saturated carbocycles. The first-order valence-corrected chi connectivity index (χ1v) is 7.17. The third kappa shape index (κ3) is 5.62. The normalized spacial score (nSPS) is 15.8. The number of benzene rings is 1. The van der Waals surface area contributed by atoms with Crippen molar-refractivity contribution in [3.05, 3.63) is 29.8 Å². The number of para-hydroxylation sites is 1. The highest BCUT2D eigenvalue weighted by Crippen LogP contribution is 2.24. The van der Waals surface area contributed by atoms with Crippen LogP contribution in [0.15, 0.2) is 24.3 Å². The lowest BCUT2D eigenvalue weighted by Gasteiger charge is -2.21. The SMILES string of the molecule is CCOc1ccccc1C(C)NCC(C)CC(C)O. The summed E-state index contributed by atoms with van der Waals surface area (Å²) in [5, 5.41) is 12.9. The first kappa shape index (κ1) is 16.0. The highest BCUT2D eigenvalue weighted by atomic mass is 16.5. The lowest BCUT2D eigenvalue weighted by molar-refractivity contribution is 0.162. The highest BCUT2D eigenvalue weighted by Gasteiger charge is 2.12. The van der Waals surface area contributed by atoms with E-state index in [9.17, 15) is 5.11 Å². The fourth-order valence-electron chi connectivity index (χ4n) is 2.28. The van der Waals surface area contributed by atoms with Crippen LogP contribution in [0.1, 0.15) is 45.7 Å². The molecule has 0 aromatic heterocycles. The third-order valence-electron chi connectivity index (χ3n) is 3.20. The molecule has 0 fully saturated rings. The Hall–Kier alpha value is -1.06. The minimum Gasteiger partial charge on any atom is -0.494 e. The number of ether oxygens (including phenoxy) is 1. The van der Waals surface area contributed by atoms with Gasteiger partial charge in [-0.1, -0.05) is 25.1 Å². The average Bonchev–Trinajstić information content (AvgIpc) is 2.36. The Labute approximate surface area is 117 Å². The van der Waals surface area contributed by atoms with Gasteiger partial charge >= 0.3 is 0 Å². The van der Waals surface area contributed by atoms with Gasteiger partial charge < -0.3 is 15.2 Å². The molecule has 3 heteroatoms. The molecule has 1 aromatic carbocycles. The fraction of sp³-hybridized carbons (Fsp3) is 0.625. The van der Waals surface area contributed by atoms with Crippen molar-refractivity contribution in [3.8, 4) is 5.75 Å². The van der Waals surface area contributed by atoms with Gasteiger partial charge in [0.05, 0.1) is 12.7 Å². The van der Waals surface area contributed by atoms with E-state index in [0.717, 1.165) is 18.7 Å². The van der Waals surface area contributed by atoms with Crippen LogP contribution in [0.25, 0.3) is 0 Å². The molecular weight excluding hydrogens is 238 g/mol. The van der Waals surface area contributed by atoms with Crippen LogP contribution < -0.4 is 10.1 Å². The standard InChI is InChI=1S/C16H27NO2/c1-5-19-16-9-7-6-8-15(16)14(4)17-11-12(2)10-13(3)18/h6-9,12-14,17-18H,5,10-11H2,1-4H3. The van der Waals surface area contributed by atoms with Gasteiger partial charge in [0.15, 0.2) is 0 Å². The van der Waals surface area contributed by atoms with Crippen LogP contribution in [-0.2, 0) is 0 Å². The van der Waals surface area contributed by atoms with Gasteiger partial charge in [-0.25, -0.2) is 0 Å². The molecule has 0 amide bonds. The first-order valence-electron chi connectivity index (χ1n) is 7.17. The zero-order chi connectivity index (χ0) is 14.3. The summed E-state index contributed by atoms with van der Waals surface area (Å²) in [5.41, 5.74) is 1.19. The summed E-state index contributed by atoms with van der Waals surface area (Å²) in [6, 6.07) is 8.39. The Bertz CT molecular complexity index is 366. The second-order valence-electron chi connectivity index (χ2n) is 5.29. The van der Waals surface area contributed by atoms with Crippen LogP contribution in [0.4, 0.5) is 0 Å². The molecule has 0 aliphatic rings. The van der Waals surface area contributed by atoms with Crippen molar-refractivity contribution in [1.82, 2.24) is 5.32 Å². The van der Waals surface area contributed by atoms with Gasteiger partial charge in [-0.2, -0.15) is 0 Å². The van der Waals surface area contributed by atoms with Gasteiger partial charge in [-0.05, 0) is 45.7 Å². The van der Waals surface area contributed by atoms with Gasteiger partial charge in [-0.15, -0.1) is 0 Å². The van der Waals surface area contributed by atoms with E-state index in [0.29, 0.717) is 12.5 Å². The summed E-state index contributed by atoms with van der Waals surface area (Å²) in [6.45, 7) is 9.71. The van der Waals surface area contributed by atoms with Crippen LogP contribution in [-0.4, -0.2) is 24.4 Å². The summed E-state index contributed by atoms with van der Waals surface area (Å²) >= 11 is 0. The molecule has 3 atom stereocenters. The van der Waals surface area contributed by atoms with E-state index in [1.165, 1.54) is 5.56 Å². The molecule has 1 rings (SSSR count). The quantitative estimate of drug-likeness (QED) is 0.758. The molecule has 0 spiro atoms. The number of aliphatic hydroxyl groups is 1. The lowest BCUT2D eigenvalue weighted by Crippen LogP contribution is -2.26. The molecule has 108 valence electrons. The molecule has 0 heterocycles. The molecule has 1 aromatic rings. The molecule has 0 bridgehead atoms. The summed E-state index contributed by atoms with van der Waals surface area (Å²) < 4.78 is 5.65. The maximum absolute atomic E-state index is 9.37. The van der Waals surface area contributed by atoms with Crippen LogP contribution in [0.3, 0.4) is 0 Å². The van der Waals surface area contributed by atoms with E-state index < -0.39 is 0 Å². The summed E-state index contributed by atoms with van der Waals surface area (Å²) in [7, 11) is 0. The minimum absolute atomic E-state index is 0.234. The van der Waals surface area contributed by atoms with Crippen molar-refractivity contribution in [2.24, 2.45) is 5.92 Å². The lowest BCUT2D eigenvalue weighted by atomic mass is 10.0. The molecule has 0 radical (unpaired) electrons. The van der Waals surface area contributed by atoms with Crippen molar-refractivity contribution in [3.63, 3.8) is 0 Å². The number of hydrogen-bond donors (Lipinski definition) is 2. The van der Waals surface area contributed by atoms with E-state index in [1.807, 2.05) is 32.0 Å². The largest absolute Gasteiger partial charge is 0.494 e. The maximum atomic E-state index is 9.37. The van der Waals surface area contributed by atoms with E-state index >= 15 is 0 Å². The topological polar surface area (TPSA) is 41.5 Å². The van der Waals surface area contributed by atoms with Gasteiger partial charge in [0.2, 0.25) is 0 Å². The van der Waals surface area contributed by atoms with E-state index in [2.05, 4.69) is 25.2 Å². The monoisotopic (exact) mass is 265 g/mol. The van der Waals surface area contributed by atoms with Gasteiger partial charge in [0.25, 0.3) is 0 Å². The Morgan fingerprint density at radius 1 is 1.21 bits per heavy atom. The van der Waals surface area contributed by atoms with Gasteiger partial charge in [0.1, 0.15) is 5.75 Å². The number of hydrogen-bond acceptors (Lipinski definition) is 3. The van der Waals surface area contributed by atoms with Crippen LogP contribution in [0.5, 0.6) is 5.75 Å². The van der Waals surface area contributed by atoms with Gasteiger partial charge in [0, 0.05) is 11.6 Å². The second-order valence-corrected chi connectivity index (χ2v) is 5.29. The zero-order valence-corrected chi connectivity index (χ0v) is 12.5. The molecule has 19 heavy (non-hydrogen) atoms. The molecular formula is C16H27NO2. The van der Waals surface area contributed by atoms with Crippen LogP contribution >= 0.6 is 0 Å². The second kappa shape index (κ2) is 8.18. The predicted molar refractivity (Wildman–Crippen MR) is 79.5 cm³/mol. The number of rotatable bonds is 8. The molecule has 0 saturated heterocycles. The van der Waals surface area contributed by atoms with E-state index in [4.69, 9.17) is 4.74 Å². The van der Waals surface area contributed by atoms with Crippen molar-refractivity contribution in [2.45, 2.75) is 46.3 Å². The molecule has 2 N–H and O–H groups in total. The Balaban J connectivity index is 2.55. The summed E-state index contributed by atoms with van der Waals surface area (Å²) in [6.07, 6.45) is 0.593. The Morgan fingerprint density at radius 3 is 2.53 bits per heavy atom. The smallest absolute Gasteiger partial charge is 0.124 e. The molecule has 3 unspecified atom stereocenters. The molecule has 0 aliphatic carbocycles. The zero-order valence-electron chi connectivity index (χ0n) is 12.5. The van der Waals surface area contributed by atoms with E-state index in [1.54, 1.807) is 0 Å². The van der Waals surface area contributed by atoms with E-state index in [-0.39, 0.29) is 12.1 Å². The number of aliphatic hydroxyl groups excluding tert-OH is 1. The average molecular weight is 265 g/mol. The first-order chi connectivity index (χ1) is 9.04. The van der Waals surface area contributed by atoms with Crippen molar-refractivity contribution < 1.29 is 9.84 Å². The third-order valence-corrected chi connectivity index (χ3v) is 3.20. The van der Waals surface area contributed by atoms with Gasteiger partial charge in [-0.3, -0.25) is 0 Å². The van der Waals surface area contributed by atoms with Crippen LogP contribution in [0.2, 0.25) is 0 Å². The summed E-state index contributed by atoms with van der Waals surface area (Å²) in [4.78, 5) is 0. The van der Waals surface area contributed by atoms with Crippen molar-refractivity contribution in [1.29, 1.82) is 0 Å². The molecule has 0 aliphatic heterocycles. The number of nitrogens with one attached hydrogen (secondary N) is 1. The fourth-order valence-corrected chi connectivity index (χ4v) is 2.28. The summed E-state index contributed by atoms with van der Waals surface area (Å²) in [5.74, 6) is 1.41.